The Hall–Kier alpha value is -0.660. The minimum atomic E-state index is -3.36. The van der Waals surface area contributed by atoms with Crippen LogP contribution in [0.4, 0.5) is 0 Å². The summed E-state index contributed by atoms with van der Waals surface area (Å²) in [6, 6.07) is 0.128. The number of nitrogens with one attached hydrogen (secondary N) is 2. The zero-order valence-electron chi connectivity index (χ0n) is 9.15. The lowest BCUT2D eigenvalue weighted by Gasteiger charge is -2.31. The molecule has 0 aromatic carbocycles. The van der Waals surface area contributed by atoms with E-state index in [0.29, 0.717) is 13.1 Å². The molecule has 0 spiro atoms. The fraction of sp³-hybridized carbons (Fsp3) is 0.889. The molecule has 0 amide bonds. The second kappa shape index (κ2) is 4.31. The number of hydrogen-bond donors (Lipinski definition) is 3. The predicted octanol–water partition coefficient (Wildman–Crippen LogP) is -0.369. The van der Waals surface area contributed by atoms with E-state index in [0.717, 1.165) is 25.7 Å². The van der Waals surface area contributed by atoms with Gasteiger partial charge in [-0.25, -0.2) is 0 Å². The third kappa shape index (κ3) is 2.72. The summed E-state index contributed by atoms with van der Waals surface area (Å²) >= 11 is 0. The Morgan fingerprint density at radius 2 is 2.06 bits per heavy atom. The van der Waals surface area contributed by atoms with E-state index < -0.39 is 10.2 Å². The Kier molecular flexibility index (Phi) is 3.18. The summed E-state index contributed by atoms with van der Waals surface area (Å²) in [7, 11) is -3.36. The summed E-state index contributed by atoms with van der Waals surface area (Å²) in [5, 5.41) is 7.37. The quantitative estimate of drug-likeness (QED) is 0.466. The van der Waals surface area contributed by atoms with Crippen molar-refractivity contribution in [1.82, 2.24) is 9.03 Å². The summed E-state index contributed by atoms with van der Waals surface area (Å²) in [6.45, 7) is 0.878. The zero-order valence-corrected chi connectivity index (χ0v) is 9.96. The Morgan fingerprint density at radius 1 is 1.38 bits per heavy atom. The van der Waals surface area contributed by atoms with E-state index in [9.17, 15) is 8.42 Å². The van der Waals surface area contributed by atoms with Gasteiger partial charge < -0.3 is 5.73 Å². The van der Waals surface area contributed by atoms with Crippen molar-refractivity contribution >= 4 is 16.0 Å². The number of hydrogen-bond acceptors (Lipinski definition) is 3. The molecule has 1 atom stereocenters. The molecule has 0 radical (unpaired) electrons. The smallest absolute Gasteiger partial charge is 0.279 e. The third-order valence-electron chi connectivity index (χ3n) is 3.06. The van der Waals surface area contributed by atoms with Crippen LogP contribution in [0, 0.1) is 11.3 Å². The molecular weight excluding hydrogens is 228 g/mol. The Bertz CT molecular complexity index is 377. The molecule has 16 heavy (non-hydrogen) atoms. The SMILES string of the molecule is N=C(N)C1CCCN(S(=O)(=O)NC2CC2)C1. The topological polar surface area (TPSA) is 99.3 Å². The van der Waals surface area contributed by atoms with Crippen LogP contribution in [-0.2, 0) is 10.2 Å². The third-order valence-corrected chi connectivity index (χ3v) is 4.70. The van der Waals surface area contributed by atoms with Crippen molar-refractivity contribution in [3.05, 3.63) is 0 Å². The van der Waals surface area contributed by atoms with Crippen molar-refractivity contribution < 1.29 is 8.42 Å². The Morgan fingerprint density at radius 3 is 2.62 bits per heavy atom. The molecule has 1 heterocycles. The minimum Gasteiger partial charge on any atom is -0.387 e. The maximum Gasteiger partial charge on any atom is 0.279 e. The van der Waals surface area contributed by atoms with Gasteiger partial charge in [-0.15, -0.1) is 0 Å². The van der Waals surface area contributed by atoms with Gasteiger partial charge in [-0.3, -0.25) is 5.41 Å². The molecule has 1 saturated carbocycles. The summed E-state index contributed by atoms with van der Waals surface area (Å²) in [6.07, 6.45) is 3.45. The summed E-state index contributed by atoms with van der Waals surface area (Å²) in [4.78, 5) is 0. The van der Waals surface area contributed by atoms with Crippen LogP contribution in [0.25, 0.3) is 0 Å². The first kappa shape index (κ1) is 11.8. The van der Waals surface area contributed by atoms with Crippen LogP contribution in [0.5, 0.6) is 0 Å². The molecule has 2 rings (SSSR count). The van der Waals surface area contributed by atoms with Crippen molar-refractivity contribution in [3.8, 4) is 0 Å². The molecular formula is C9H18N4O2S. The molecule has 1 unspecified atom stereocenters. The van der Waals surface area contributed by atoms with Gasteiger partial charge in [-0.1, -0.05) is 0 Å². The summed E-state index contributed by atoms with van der Waals surface area (Å²) in [5.41, 5.74) is 5.43. The van der Waals surface area contributed by atoms with Gasteiger partial charge in [0.2, 0.25) is 0 Å². The van der Waals surface area contributed by atoms with Gasteiger partial charge in [0.25, 0.3) is 10.2 Å². The molecule has 0 aromatic heterocycles. The molecule has 1 aliphatic heterocycles. The van der Waals surface area contributed by atoms with Gasteiger partial charge in [0.1, 0.15) is 0 Å². The van der Waals surface area contributed by atoms with E-state index in [2.05, 4.69) is 4.72 Å². The standard InChI is InChI=1S/C9H18N4O2S/c10-9(11)7-2-1-5-13(6-7)16(14,15)12-8-3-4-8/h7-8,12H,1-6H2,(H3,10,11). The van der Waals surface area contributed by atoms with E-state index in [1.54, 1.807) is 0 Å². The monoisotopic (exact) mass is 246 g/mol. The van der Waals surface area contributed by atoms with E-state index in [4.69, 9.17) is 11.1 Å². The lowest BCUT2D eigenvalue weighted by Crippen LogP contribution is -2.48. The number of amidine groups is 1. The van der Waals surface area contributed by atoms with E-state index in [1.807, 2.05) is 0 Å². The molecule has 4 N–H and O–H groups in total. The zero-order chi connectivity index (χ0) is 11.8. The van der Waals surface area contributed by atoms with Crippen LogP contribution in [0.2, 0.25) is 0 Å². The van der Waals surface area contributed by atoms with Gasteiger partial charge in [0.05, 0.1) is 5.84 Å². The van der Waals surface area contributed by atoms with Gasteiger partial charge in [-0.05, 0) is 25.7 Å². The maximum absolute atomic E-state index is 11.9. The van der Waals surface area contributed by atoms with E-state index in [-0.39, 0.29) is 17.8 Å². The van der Waals surface area contributed by atoms with Crippen LogP contribution in [-0.4, -0.2) is 37.7 Å². The number of piperidine rings is 1. The average molecular weight is 246 g/mol. The normalized spacial score (nSPS) is 27.9. The number of nitrogens with two attached hydrogens (primary N) is 1. The molecule has 0 aromatic rings. The summed E-state index contributed by atoms with van der Waals surface area (Å²) in [5.74, 6) is -0.0316. The van der Waals surface area contributed by atoms with Crippen molar-refractivity contribution in [3.63, 3.8) is 0 Å². The first-order chi connectivity index (χ1) is 7.49. The molecule has 2 aliphatic rings. The van der Waals surface area contributed by atoms with Crippen molar-refractivity contribution in [2.45, 2.75) is 31.7 Å². The highest BCUT2D eigenvalue weighted by atomic mass is 32.2. The first-order valence-electron chi connectivity index (χ1n) is 5.60. The van der Waals surface area contributed by atoms with Gasteiger partial charge >= 0.3 is 0 Å². The average Bonchev–Trinajstić information content (AvgIpc) is 3.01. The fourth-order valence-electron chi connectivity index (χ4n) is 1.90. The second-order valence-corrected chi connectivity index (χ2v) is 6.25. The van der Waals surface area contributed by atoms with E-state index in [1.165, 1.54) is 4.31 Å². The highest BCUT2D eigenvalue weighted by Crippen LogP contribution is 2.23. The lowest BCUT2D eigenvalue weighted by atomic mass is 9.99. The molecule has 1 saturated heterocycles. The van der Waals surface area contributed by atoms with Crippen molar-refractivity contribution in [2.75, 3.05) is 13.1 Å². The predicted molar refractivity (Wildman–Crippen MR) is 61.3 cm³/mol. The maximum atomic E-state index is 11.9. The highest BCUT2D eigenvalue weighted by Gasteiger charge is 2.34. The van der Waals surface area contributed by atoms with Crippen LogP contribution >= 0.6 is 0 Å². The van der Waals surface area contributed by atoms with E-state index >= 15 is 0 Å². The van der Waals surface area contributed by atoms with Crippen LogP contribution in [0.3, 0.4) is 0 Å². The van der Waals surface area contributed by atoms with Gasteiger partial charge in [0, 0.05) is 25.0 Å². The summed E-state index contributed by atoms with van der Waals surface area (Å²) < 4.78 is 27.9. The van der Waals surface area contributed by atoms with Gasteiger partial charge in [-0.2, -0.15) is 17.4 Å². The highest BCUT2D eigenvalue weighted by molar-refractivity contribution is 7.87. The molecule has 92 valence electrons. The first-order valence-corrected chi connectivity index (χ1v) is 7.04. The lowest BCUT2D eigenvalue weighted by molar-refractivity contribution is 0.306. The number of nitrogens with zero attached hydrogens (tertiary/aromatic N) is 1. The van der Waals surface area contributed by atoms with Crippen molar-refractivity contribution in [2.24, 2.45) is 11.7 Å². The molecule has 7 heteroatoms. The molecule has 6 nitrogen and oxygen atoms in total. The van der Waals surface area contributed by atoms with Crippen LogP contribution in [0.15, 0.2) is 0 Å². The Balaban J connectivity index is 1.99. The largest absolute Gasteiger partial charge is 0.387 e. The van der Waals surface area contributed by atoms with Crippen molar-refractivity contribution in [1.29, 1.82) is 5.41 Å². The van der Waals surface area contributed by atoms with Crippen LogP contribution in [0.1, 0.15) is 25.7 Å². The minimum absolute atomic E-state index is 0.0892. The second-order valence-electron chi connectivity index (χ2n) is 4.55. The van der Waals surface area contributed by atoms with Gasteiger partial charge in [0.15, 0.2) is 0 Å². The van der Waals surface area contributed by atoms with Crippen LogP contribution < -0.4 is 10.5 Å². The Labute approximate surface area is 95.9 Å². The molecule has 0 bridgehead atoms. The fourth-order valence-corrected chi connectivity index (χ4v) is 3.45. The number of rotatable bonds is 4. The molecule has 1 aliphatic carbocycles. The molecule has 2 fully saturated rings.